The Kier molecular flexibility index (Phi) is 4.91. The fourth-order valence-corrected chi connectivity index (χ4v) is 3.81. The molecule has 122 valence electrons. The Morgan fingerprint density at radius 1 is 1.45 bits per heavy atom. The molecule has 0 bridgehead atoms. The fraction of sp³-hybridized carbons (Fsp3) is 0.643. The summed E-state index contributed by atoms with van der Waals surface area (Å²) in [6.45, 7) is 4.53. The van der Waals surface area contributed by atoms with Crippen LogP contribution in [0.25, 0.3) is 0 Å². The second kappa shape index (κ2) is 6.23. The molecule has 1 amide bonds. The minimum Gasteiger partial charge on any atom is -0.392 e. The van der Waals surface area contributed by atoms with Gasteiger partial charge in [0.05, 0.1) is 22.7 Å². The molecule has 0 saturated carbocycles. The van der Waals surface area contributed by atoms with E-state index in [1.807, 2.05) is 0 Å². The van der Waals surface area contributed by atoms with E-state index in [4.69, 9.17) is 0 Å². The van der Waals surface area contributed by atoms with Gasteiger partial charge in [0.2, 0.25) is 5.91 Å². The first-order valence-electron chi connectivity index (χ1n) is 7.09. The van der Waals surface area contributed by atoms with Crippen molar-refractivity contribution in [3.8, 4) is 0 Å². The summed E-state index contributed by atoms with van der Waals surface area (Å²) in [5.41, 5.74) is 0.715. The Balaban J connectivity index is 0.00000176. The Bertz CT molecular complexity index is 602. The van der Waals surface area contributed by atoms with Gasteiger partial charge in [0, 0.05) is 13.0 Å². The summed E-state index contributed by atoms with van der Waals surface area (Å²) in [4.78, 5) is 29.3. The number of β-amino-alcohol motifs (C(OH)–C–C–N with tert-alkyl or cyclic N) is 1. The molecule has 6 nitrogen and oxygen atoms in total. The zero-order chi connectivity index (χ0) is 15.2. The van der Waals surface area contributed by atoms with E-state index in [2.05, 4.69) is 29.5 Å². The first kappa shape index (κ1) is 17.3. The number of aliphatic hydroxyl groups is 1. The number of fused-ring (bicyclic) bond motifs is 1. The smallest absolute Gasteiger partial charge is 0.243 e. The molecule has 1 fully saturated rings. The third kappa shape index (κ3) is 3.48. The average Bonchev–Trinajstić information content (AvgIpc) is 2.94. The second-order valence-corrected chi connectivity index (χ2v) is 7.57. The van der Waals surface area contributed by atoms with E-state index in [-0.39, 0.29) is 29.5 Å². The molecule has 1 saturated heterocycles. The van der Waals surface area contributed by atoms with Gasteiger partial charge in [0.1, 0.15) is 0 Å². The number of hydrogen-bond donors (Lipinski definition) is 3. The molecule has 3 rings (SSSR count). The molecule has 22 heavy (non-hydrogen) atoms. The number of amides is 1. The van der Waals surface area contributed by atoms with Gasteiger partial charge in [-0.3, -0.25) is 9.59 Å². The van der Waals surface area contributed by atoms with Crippen LogP contribution in [-0.2, 0) is 11.2 Å². The topological polar surface area (TPSA) is 91.3 Å². The highest BCUT2D eigenvalue weighted by Crippen LogP contribution is 2.38. The van der Waals surface area contributed by atoms with E-state index in [0.29, 0.717) is 29.4 Å². The van der Waals surface area contributed by atoms with Crippen LogP contribution in [-0.4, -0.2) is 40.5 Å². The van der Waals surface area contributed by atoms with Crippen LogP contribution < -0.4 is 10.6 Å². The number of thiazole rings is 1. The van der Waals surface area contributed by atoms with Gasteiger partial charge in [-0.25, -0.2) is 4.98 Å². The van der Waals surface area contributed by atoms with Crippen LogP contribution in [0.4, 0.5) is 5.13 Å². The van der Waals surface area contributed by atoms with Crippen molar-refractivity contribution >= 4 is 40.6 Å². The molecule has 0 aromatic carbocycles. The van der Waals surface area contributed by atoms with Crippen molar-refractivity contribution in [1.29, 1.82) is 0 Å². The van der Waals surface area contributed by atoms with Crippen molar-refractivity contribution in [3.63, 3.8) is 0 Å². The summed E-state index contributed by atoms with van der Waals surface area (Å²) in [7, 11) is 0. The fourth-order valence-electron chi connectivity index (χ4n) is 2.88. The summed E-state index contributed by atoms with van der Waals surface area (Å²) in [6.07, 6.45) is 1.20. The lowest BCUT2D eigenvalue weighted by Gasteiger charge is -2.26. The van der Waals surface area contributed by atoms with E-state index >= 15 is 0 Å². The molecular weight excluding hydrogens is 326 g/mol. The van der Waals surface area contributed by atoms with Gasteiger partial charge in [-0.1, -0.05) is 25.2 Å². The third-order valence-corrected chi connectivity index (χ3v) is 4.94. The molecule has 2 atom stereocenters. The van der Waals surface area contributed by atoms with Gasteiger partial charge in [-0.05, 0) is 18.3 Å². The van der Waals surface area contributed by atoms with Gasteiger partial charge >= 0.3 is 0 Å². The van der Waals surface area contributed by atoms with Gasteiger partial charge in [-0.15, -0.1) is 12.4 Å². The molecule has 1 aliphatic heterocycles. The highest BCUT2D eigenvalue weighted by molar-refractivity contribution is 7.17. The maximum absolute atomic E-state index is 12.1. The van der Waals surface area contributed by atoms with Crippen LogP contribution in [0.2, 0.25) is 0 Å². The molecule has 0 radical (unpaired) electrons. The normalized spacial score (nSPS) is 26.2. The number of anilines is 1. The van der Waals surface area contributed by atoms with E-state index in [0.717, 1.165) is 12.1 Å². The Morgan fingerprint density at radius 2 is 2.18 bits per heavy atom. The number of halogens is 1. The van der Waals surface area contributed by atoms with Crippen molar-refractivity contribution in [2.45, 2.75) is 45.3 Å². The summed E-state index contributed by atoms with van der Waals surface area (Å²) in [6, 6.07) is -0.395. The number of nitrogens with zero attached hydrogens (tertiary/aromatic N) is 1. The molecule has 2 aliphatic rings. The predicted octanol–water partition coefficient (Wildman–Crippen LogP) is 1.38. The standard InChI is InChI=1S/C14H19N3O3S.ClH/c1-14(2)4-9-11(10(19)5-14)21-13(16-9)17-12(20)8-3-7(18)6-15-8;/h7-8,15,18H,3-6H2,1-2H3,(H,16,17,20);1H. The van der Waals surface area contributed by atoms with Crippen molar-refractivity contribution < 1.29 is 14.7 Å². The molecule has 2 heterocycles. The number of carbonyl (C=O) groups excluding carboxylic acids is 2. The summed E-state index contributed by atoms with van der Waals surface area (Å²) in [5.74, 6) is -0.0991. The lowest BCUT2D eigenvalue weighted by Crippen LogP contribution is -2.35. The molecule has 2 unspecified atom stereocenters. The SMILES string of the molecule is CC1(C)CC(=O)c2sc(NC(=O)C3CC(O)CN3)nc2C1.Cl. The van der Waals surface area contributed by atoms with E-state index in [1.165, 1.54) is 11.3 Å². The molecule has 1 aromatic heterocycles. The molecule has 1 aromatic rings. The van der Waals surface area contributed by atoms with Crippen LogP contribution in [0.15, 0.2) is 0 Å². The Hall–Kier alpha value is -1.02. The van der Waals surface area contributed by atoms with Crippen molar-refractivity contribution in [2.75, 3.05) is 11.9 Å². The minimum atomic E-state index is -0.479. The van der Waals surface area contributed by atoms with Crippen LogP contribution in [0.5, 0.6) is 0 Å². The van der Waals surface area contributed by atoms with Crippen LogP contribution in [0.3, 0.4) is 0 Å². The number of aromatic nitrogens is 1. The first-order chi connectivity index (χ1) is 9.84. The monoisotopic (exact) mass is 345 g/mol. The van der Waals surface area contributed by atoms with Gasteiger partial charge in [-0.2, -0.15) is 0 Å². The Labute approximate surface area is 139 Å². The quantitative estimate of drug-likeness (QED) is 0.753. The number of aliphatic hydroxyl groups excluding tert-OH is 1. The zero-order valence-electron chi connectivity index (χ0n) is 12.5. The average molecular weight is 346 g/mol. The van der Waals surface area contributed by atoms with E-state index in [1.54, 1.807) is 0 Å². The molecule has 0 spiro atoms. The van der Waals surface area contributed by atoms with Gasteiger partial charge in [0.15, 0.2) is 10.9 Å². The first-order valence-corrected chi connectivity index (χ1v) is 7.91. The van der Waals surface area contributed by atoms with E-state index < -0.39 is 12.1 Å². The van der Waals surface area contributed by atoms with Gasteiger partial charge < -0.3 is 15.7 Å². The Morgan fingerprint density at radius 3 is 2.82 bits per heavy atom. The lowest BCUT2D eigenvalue weighted by molar-refractivity contribution is -0.117. The minimum absolute atomic E-state index is 0. The number of Topliss-reactive ketones (excluding diaryl/α,β-unsaturated/α-hetero) is 1. The van der Waals surface area contributed by atoms with Crippen LogP contribution in [0, 0.1) is 5.41 Å². The largest absolute Gasteiger partial charge is 0.392 e. The summed E-state index contributed by atoms with van der Waals surface area (Å²) >= 11 is 1.25. The van der Waals surface area contributed by atoms with E-state index in [9.17, 15) is 14.7 Å². The third-order valence-electron chi connectivity index (χ3n) is 3.89. The molecule has 3 N–H and O–H groups in total. The predicted molar refractivity (Wildman–Crippen MR) is 86.8 cm³/mol. The van der Waals surface area contributed by atoms with Crippen molar-refractivity contribution in [1.82, 2.24) is 10.3 Å². The number of nitrogens with one attached hydrogen (secondary N) is 2. The maximum Gasteiger partial charge on any atom is 0.243 e. The maximum atomic E-state index is 12.1. The van der Waals surface area contributed by atoms with Crippen LogP contribution in [0.1, 0.15) is 42.1 Å². The number of ketones is 1. The zero-order valence-corrected chi connectivity index (χ0v) is 14.1. The summed E-state index contributed by atoms with van der Waals surface area (Å²) in [5, 5.41) is 15.6. The second-order valence-electron chi connectivity index (χ2n) is 6.58. The number of rotatable bonds is 2. The number of carbonyl (C=O) groups is 2. The highest BCUT2D eigenvalue weighted by Gasteiger charge is 2.34. The molecule has 8 heteroatoms. The molecular formula is C14H20ClN3O3S. The highest BCUT2D eigenvalue weighted by atomic mass is 35.5. The van der Waals surface area contributed by atoms with Crippen molar-refractivity contribution in [2.24, 2.45) is 5.41 Å². The van der Waals surface area contributed by atoms with Crippen molar-refractivity contribution in [3.05, 3.63) is 10.6 Å². The molecule has 1 aliphatic carbocycles. The lowest BCUT2D eigenvalue weighted by atomic mass is 9.78. The van der Waals surface area contributed by atoms with Gasteiger partial charge in [0.25, 0.3) is 0 Å². The number of hydrogen-bond acceptors (Lipinski definition) is 6. The summed E-state index contributed by atoms with van der Waals surface area (Å²) < 4.78 is 0. The van der Waals surface area contributed by atoms with Crippen LogP contribution >= 0.6 is 23.7 Å².